The first-order chi connectivity index (χ1) is 9.86. The average molecular weight is 376 g/mol. The molecular formula is C13H18BrN3O3S. The second kappa shape index (κ2) is 6.33. The van der Waals surface area contributed by atoms with Gasteiger partial charge in [-0.25, -0.2) is 8.42 Å². The lowest BCUT2D eigenvalue weighted by molar-refractivity contribution is -0.125. The van der Waals surface area contributed by atoms with Crippen LogP contribution in [-0.2, 0) is 14.8 Å². The third-order valence-electron chi connectivity index (χ3n) is 3.68. The summed E-state index contributed by atoms with van der Waals surface area (Å²) in [4.78, 5) is 11.8. The van der Waals surface area contributed by atoms with Crippen LogP contribution in [0.15, 0.2) is 27.6 Å². The molecule has 0 atom stereocenters. The number of benzene rings is 1. The Morgan fingerprint density at radius 3 is 2.52 bits per heavy atom. The van der Waals surface area contributed by atoms with E-state index >= 15 is 0 Å². The van der Waals surface area contributed by atoms with Crippen molar-refractivity contribution in [2.45, 2.75) is 17.7 Å². The second-order valence-corrected chi connectivity index (χ2v) is 7.77. The van der Waals surface area contributed by atoms with Gasteiger partial charge in [0.05, 0.1) is 4.90 Å². The number of nitrogens with two attached hydrogens (primary N) is 1. The number of nitrogens with zero attached hydrogens (tertiary/aromatic N) is 1. The van der Waals surface area contributed by atoms with Crippen molar-refractivity contribution >= 4 is 37.5 Å². The number of nitrogen functional groups attached to an aromatic ring is 1. The van der Waals surface area contributed by atoms with E-state index in [1.165, 1.54) is 16.4 Å². The average Bonchev–Trinajstić information content (AvgIpc) is 2.49. The minimum Gasteiger partial charge on any atom is -0.398 e. The van der Waals surface area contributed by atoms with E-state index < -0.39 is 10.0 Å². The zero-order valence-corrected chi connectivity index (χ0v) is 14.1. The predicted octanol–water partition coefficient (Wildman–Crippen LogP) is 1.18. The highest BCUT2D eigenvalue weighted by Gasteiger charge is 2.31. The Labute approximate surface area is 132 Å². The molecule has 8 heteroatoms. The first-order valence-electron chi connectivity index (χ1n) is 6.63. The van der Waals surface area contributed by atoms with Crippen LogP contribution in [0.4, 0.5) is 5.69 Å². The molecule has 1 aromatic rings. The molecule has 0 saturated carbocycles. The molecule has 1 fully saturated rings. The molecule has 2 rings (SSSR count). The molecule has 0 aliphatic carbocycles. The molecule has 1 aliphatic rings. The molecule has 6 nitrogen and oxygen atoms in total. The summed E-state index contributed by atoms with van der Waals surface area (Å²) in [6, 6.07) is 4.57. The number of carbonyl (C=O) groups excluding carboxylic acids is 1. The van der Waals surface area contributed by atoms with Crippen LogP contribution >= 0.6 is 15.9 Å². The van der Waals surface area contributed by atoms with Gasteiger partial charge in [-0.15, -0.1) is 0 Å². The number of anilines is 1. The number of sulfonamides is 1. The monoisotopic (exact) mass is 375 g/mol. The molecule has 1 amide bonds. The van der Waals surface area contributed by atoms with Crippen molar-refractivity contribution < 1.29 is 13.2 Å². The van der Waals surface area contributed by atoms with Crippen LogP contribution in [0.25, 0.3) is 0 Å². The van der Waals surface area contributed by atoms with Crippen molar-refractivity contribution in [2.75, 3.05) is 25.9 Å². The summed E-state index contributed by atoms with van der Waals surface area (Å²) >= 11 is 3.24. The lowest BCUT2D eigenvalue weighted by Gasteiger charge is -2.30. The van der Waals surface area contributed by atoms with Gasteiger partial charge in [0.2, 0.25) is 15.9 Å². The molecule has 1 saturated heterocycles. The predicted molar refractivity (Wildman–Crippen MR) is 84.1 cm³/mol. The van der Waals surface area contributed by atoms with E-state index in [1.807, 2.05) is 0 Å². The largest absolute Gasteiger partial charge is 0.398 e. The maximum atomic E-state index is 12.6. The summed E-state index contributed by atoms with van der Waals surface area (Å²) in [7, 11) is -1.95. The fourth-order valence-corrected chi connectivity index (χ4v) is 4.41. The Kier molecular flexibility index (Phi) is 4.90. The highest BCUT2D eigenvalue weighted by atomic mass is 79.9. The molecule has 0 spiro atoms. The highest BCUT2D eigenvalue weighted by Crippen LogP contribution is 2.27. The summed E-state index contributed by atoms with van der Waals surface area (Å²) in [5.41, 5.74) is 6.17. The van der Waals surface area contributed by atoms with Crippen LogP contribution < -0.4 is 11.1 Å². The number of hydrogen-bond donors (Lipinski definition) is 2. The summed E-state index contributed by atoms with van der Waals surface area (Å²) in [5, 5.41) is 2.61. The van der Waals surface area contributed by atoms with Gasteiger partial charge in [0.1, 0.15) is 0 Å². The Morgan fingerprint density at radius 2 is 2.00 bits per heavy atom. The molecule has 21 heavy (non-hydrogen) atoms. The van der Waals surface area contributed by atoms with Crippen molar-refractivity contribution in [1.29, 1.82) is 0 Å². The molecule has 0 aromatic heterocycles. The SMILES string of the molecule is CNC(=O)C1CCN(S(=O)(=O)c2ccc(N)c(Br)c2)CC1. The molecule has 3 N–H and O–H groups in total. The molecule has 0 unspecified atom stereocenters. The van der Waals surface area contributed by atoms with Crippen molar-refractivity contribution in [2.24, 2.45) is 5.92 Å². The first-order valence-corrected chi connectivity index (χ1v) is 8.86. The summed E-state index contributed by atoms with van der Waals surface area (Å²) in [6.45, 7) is 0.699. The second-order valence-electron chi connectivity index (χ2n) is 4.98. The van der Waals surface area contributed by atoms with Gasteiger partial charge in [0.25, 0.3) is 0 Å². The number of carbonyl (C=O) groups is 1. The maximum absolute atomic E-state index is 12.6. The Bertz CT molecular complexity index is 640. The lowest BCUT2D eigenvalue weighted by atomic mass is 9.97. The van der Waals surface area contributed by atoms with E-state index in [2.05, 4.69) is 21.2 Å². The summed E-state index contributed by atoms with van der Waals surface area (Å²) in [6.07, 6.45) is 1.07. The first kappa shape index (κ1) is 16.3. The number of nitrogens with one attached hydrogen (secondary N) is 1. The third kappa shape index (κ3) is 3.38. The van der Waals surface area contributed by atoms with Crippen LogP contribution in [0.5, 0.6) is 0 Å². The van der Waals surface area contributed by atoms with Gasteiger partial charge in [0.15, 0.2) is 0 Å². The Balaban J connectivity index is 2.14. The molecule has 0 bridgehead atoms. The summed E-state index contributed by atoms with van der Waals surface area (Å²) < 4.78 is 27.1. The van der Waals surface area contributed by atoms with Crippen molar-refractivity contribution in [3.8, 4) is 0 Å². The van der Waals surface area contributed by atoms with Gasteiger partial charge in [-0.3, -0.25) is 4.79 Å². The van der Waals surface area contributed by atoms with E-state index in [4.69, 9.17) is 5.73 Å². The van der Waals surface area contributed by atoms with Gasteiger partial charge in [0, 0.05) is 36.2 Å². The van der Waals surface area contributed by atoms with Gasteiger partial charge < -0.3 is 11.1 Å². The quantitative estimate of drug-likeness (QED) is 0.775. The normalized spacial score (nSPS) is 17.6. The fourth-order valence-electron chi connectivity index (χ4n) is 2.38. The van der Waals surface area contributed by atoms with Crippen molar-refractivity contribution in [3.63, 3.8) is 0 Å². The topological polar surface area (TPSA) is 92.5 Å². The Hall–Kier alpha value is -1.12. The molecular weight excluding hydrogens is 358 g/mol. The number of amides is 1. The zero-order valence-electron chi connectivity index (χ0n) is 11.7. The molecule has 116 valence electrons. The molecule has 1 heterocycles. The van der Waals surface area contributed by atoms with E-state index in [1.54, 1.807) is 13.1 Å². The van der Waals surface area contributed by atoms with E-state index in [9.17, 15) is 13.2 Å². The third-order valence-corrected chi connectivity index (χ3v) is 6.26. The molecule has 0 radical (unpaired) electrons. The summed E-state index contributed by atoms with van der Waals surface area (Å²) in [5.74, 6) is -0.137. The van der Waals surface area contributed by atoms with Crippen molar-refractivity contribution in [1.82, 2.24) is 9.62 Å². The standard InChI is InChI=1S/C13H18BrN3O3S/c1-16-13(18)9-4-6-17(7-5-9)21(19,20)10-2-3-12(15)11(14)8-10/h2-3,8-9H,4-7,15H2,1H3,(H,16,18). The fraction of sp³-hybridized carbons (Fsp3) is 0.462. The van der Waals surface area contributed by atoms with Gasteiger partial charge in [-0.05, 0) is 47.0 Å². The zero-order chi connectivity index (χ0) is 15.6. The van der Waals surface area contributed by atoms with Crippen LogP contribution in [0.1, 0.15) is 12.8 Å². The number of piperidine rings is 1. The van der Waals surface area contributed by atoms with Crippen LogP contribution in [0, 0.1) is 5.92 Å². The maximum Gasteiger partial charge on any atom is 0.243 e. The smallest absolute Gasteiger partial charge is 0.243 e. The minimum atomic E-state index is -3.54. The number of halogens is 1. The van der Waals surface area contributed by atoms with Crippen LogP contribution in [0.3, 0.4) is 0 Å². The van der Waals surface area contributed by atoms with Crippen LogP contribution in [-0.4, -0.2) is 38.8 Å². The number of hydrogen-bond acceptors (Lipinski definition) is 4. The molecule has 1 aliphatic heterocycles. The van der Waals surface area contributed by atoms with Crippen molar-refractivity contribution in [3.05, 3.63) is 22.7 Å². The van der Waals surface area contributed by atoms with E-state index in [0.29, 0.717) is 36.1 Å². The van der Waals surface area contributed by atoms with E-state index in [-0.39, 0.29) is 16.7 Å². The minimum absolute atomic E-state index is 0.0257. The number of rotatable bonds is 3. The van der Waals surface area contributed by atoms with Gasteiger partial charge >= 0.3 is 0 Å². The molecule has 1 aromatic carbocycles. The van der Waals surface area contributed by atoms with Gasteiger partial charge in [-0.2, -0.15) is 4.31 Å². The lowest BCUT2D eigenvalue weighted by Crippen LogP contribution is -2.42. The van der Waals surface area contributed by atoms with Crippen LogP contribution in [0.2, 0.25) is 0 Å². The highest BCUT2D eigenvalue weighted by molar-refractivity contribution is 9.10. The Morgan fingerprint density at radius 1 is 1.38 bits per heavy atom. The van der Waals surface area contributed by atoms with E-state index in [0.717, 1.165) is 0 Å². The van der Waals surface area contributed by atoms with Gasteiger partial charge in [-0.1, -0.05) is 0 Å².